The Balaban J connectivity index is 2.23. The number of anilines is 1. The molecule has 1 atom stereocenters. The number of hydrogen-bond acceptors (Lipinski definition) is 6. The van der Waals surface area contributed by atoms with Crippen LogP contribution in [0.5, 0.6) is 0 Å². The average Bonchev–Trinajstić information content (AvgIpc) is 2.79. The van der Waals surface area contributed by atoms with Crippen LogP contribution in [0.4, 0.5) is 10.3 Å². The summed E-state index contributed by atoms with van der Waals surface area (Å²) in [5.74, 6) is -0.0996. The van der Waals surface area contributed by atoms with Crippen LogP contribution < -0.4 is 11.3 Å². The van der Waals surface area contributed by atoms with Crippen molar-refractivity contribution in [2.75, 3.05) is 18.8 Å². The third kappa shape index (κ3) is 4.10. The number of nitrogens with two attached hydrogens (primary N) is 1. The summed E-state index contributed by atoms with van der Waals surface area (Å²) in [7, 11) is -4.36. The van der Waals surface area contributed by atoms with Crippen LogP contribution in [0.25, 0.3) is 11.2 Å². The van der Waals surface area contributed by atoms with Gasteiger partial charge in [-0.1, -0.05) is 0 Å². The Morgan fingerprint density at radius 1 is 1.55 bits per heavy atom. The normalized spacial score (nSPS) is 13.6. The number of fused-ring (bicyclic) bond motifs is 1. The number of aromatic amines is 1. The minimum Gasteiger partial charge on any atom is -0.369 e. The van der Waals surface area contributed by atoms with Gasteiger partial charge in [-0.3, -0.25) is 18.7 Å². The first-order valence-corrected chi connectivity index (χ1v) is 8.02. The second-order valence-electron chi connectivity index (χ2n) is 4.58. The van der Waals surface area contributed by atoms with Gasteiger partial charge < -0.3 is 24.8 Å². The molecule has 0 aromatic carbocycles. The lowest BCUT2D eigenvalue weighted by Crippen LogP contribution is -2.22. The number of imidazole rings is 1. The van der Waals surface area contributed by atoms with E-state index < -0.39 is 32.3 Å². The third-order valence-electron chi connectivity index (χ3n) is 2.80. The number of aromatic nitrogens is 4. The van der Waals surface area contributed by atoms with Crippen LogP contribution in [0.3, 0.4) is 0 Å². The van der Waals surface area contributed by atoms with Crippen LogP contribution in [0, 0.1) is 0 Å². The Morgan fingerprint density at radius 3 is 2.91 bits per heavy atom. The molecule has 0 aliphatic rings. The summed E-state index contributed by atoms with van der Waals surface area (Å²) in [6, 6.07) is 0. The Labute approximate surface area is 123 Å². The molecule has 22 heavy (non-hydrogen) atoms. The maximum absolute atomic E-state index is 12.5. The lowest BCUT2D eigenvalue weighted by Gasteiger charge is -2.17. The molecule has 0 aliphatic carbocycles. The Kier molecular flexibility index (Phi) is 4.91. The first-order valence-electron chi connectivity index (χ1n) is 6.23. The average molecular weight is 335 g/mol. The van der Waals surface area contributed by atoms with Gasteiger partial charge in [0.1, 0.15) is 6.35 Å². The Hall–Kier alpha value is -1.81. The van der Waals surface area contributed by atoms with E-state index in [-0.39, 0.29) is 30.1 Å². The summed E-state index contributed by atoms with van der Waals surface area (Å²) < 4.78 is 29.8. The molecule has 0 amide bonds. The summed E-state index contributed by atoms with van der Waals surface area (Å²) in [6.07, 6.45) is -0.394. The van der Waals surface area contributed by atoms with E-state index in [9.17, 15) is 13.8 Å². The van der Waals surface area contributed by atoms with Crippen molar-refractivity contribution in [2.45, 2.75) is 19.1 Å². The summed E-state index contributed by atoms with van der Waals surface area (Å²) in [4.78, 5) is 39.4. The van der Waals surface area contributed by atoms with E-state index in [1.165, 1.54) is 10.9 Å². The second kappa shape index (κ2) is 6.53. The highest BCUT2D eigenvalue weighted by Gasteiger charge is 2.20. The Bertz CT molecular complexity index is 756. The van der Waals surface area contributed by atoms with E-state index in [2.05, 4.69) is 15.0 Å². The van der Waals surface area contributed by atoms with Crippen LogP contribution in [0.15, 0.2) is 11.1 Å². The number of nitrogen functional groups attached to an aromatic ring is 1. The molecule has 0 spiro atoms. The molecule has 0 bridgehead atoms. The van der Waals surface area contributed by atoms with Gasteiger partial charge in [0.2, 0.25) is 5.95 Å². The zero-order valence-corrected chi connectivity index (χ0v) is 12.2. The van der Waals surface area contributed by atoms with Gasteiger partial charge in [-0.05, 0) is 0 Å². The number of hydrogen-bond donors (Lipinski definition) is 4. The van der Waals surface area contributed by atoms with Crippen molar-refractivity contribution in [3.63, 3.8) is 0 Å². The van der Waals surface area contributed by atoms with Crippen LogP contribution >= 0.6 is 7.60 Å². The van der Waals surface area contributed by atoms with Crippen molar-refractivity contribution in [1.82, 2.24) is 19.5 Å². The van der Waals surface area contributed by atoms with Gasteiger partial charge in [0, 0.05) is 6.42 Å². The molecule has 0 radical (unpaired) electrons. The maximum atomic E-state index is 12.5. The first kappa shape index (κ1) is 16.6. The standard InChI is InChI=1S/C10H15FN5O5P/c11-2-1-6(21-5-22(18,19)20)3-16-4-13-7-8(16)14-10(12)15-9(7)17/h4,6H,1-3,5H2,(H2,18,19,20)(H3,12,14,15,17)/t6-/m1/s1. The van der Waals surface area contributed by atoms with Gasteiger partial charge in [0.15, 0.2) is 11.2 Å². The fourth-order valence-corrected chi connectivity index (χ4v) is 2.28. The largest absolute Gasteiger partial charge is 0.369 e. The quantitative estimate of drug-likeness (QED) is 0.497. The van der Waals surface area contributed by atoms with Gasteiger partial charge in [0.25, 0.3) is 5.56 Å². The van der Waals surface area contributed by atoms with E-state index in [0.29, 0.717) is 0 Å². The lowest BCUT2D eigenvalue weighted by atomic mass is 10.2. The Morgan fingerprint density at radius 2 is 2.27 bits per heavy atom. The highest BCUT2D eigenvalue weighted by Crippen LogP contribution is 2.34. The molecular weight excluding hydrogens is 320 g/mol. The molecule has 2 heterocycles. The van der Waals surface area contributed by atoms with Crippen LogP contribution in [-0.2, 0) is 15.8 Å². The summed E-state index contributed by atoms with van der Waals surface area (Å²) in [5.41, 5.74) is 5.19. The minimum absolute atomic E-state index is 0.0241. The van der Waals surface area contributed by atoms with E-state index in [1.807, 2.05) is 0 Å². The van der Waals surface area contributed by atoms with Gasteiger partial charge in [-0.15, -0.1) is 0 Å². The van der Waals surface area contributed by atoms with Crippen LogP contribution in [0.2, 0.25) is 0 Å². The van der Waals surface area contributed by atoms with Gasteiger partial charge in [-0.25, -0.2) is 4.98 Å². The van der Waals surface area contributed by atoms with Gasteiger partial charge in [0.05, 0.1) is 25.7 Å². The van der Waals surface area contributed by atoms with Crippen LogP contribution in [0.1, 0.15) is 6.42 Å². The lowest BCUT2D eigenvalue weighted by molar-refractivity contribution is 0.0519. The SMILES string of the molecule is Nc1nc2c(ncn2C[C@@H](CCF)OCP(=O)(O)O)c(=O)[nH]1. The number of rotatable bonds is 7. The summed E-state index contributed by atoms with van der Waals surface area (Å²) in [6.45, 7) is -0.703. The van der Waals surface area contributed by atoms with E-state index >= 15 is 0 Å². The van der Waals surface area contributed by atoms with Crippen molar-refractivity contribution in [2.24, 2.45) is 0 Å². The van der Waals surface area contributed by atoms with Crippen molar-refractivity contribution in [3.05, 3.63) is 16.7 Å². The van der Waals surface area contributed by atoms with Crippen molar-refractivity contribution >= 4 is 24.7 Å². The molecular formula is C10H15FN5O5P. The summed E-state index contributed by atoms with van der Waals surface area (Å²) in [5, 5.41) is 0. The maximum Gasteiger partial charge on any atom is 0.350 e. The number of nitrogens with zero attached hydrogens (tertiary/aromatic N) is 3. The molecule has 0 fully saturated rings. The van der Waals surface area contributed by atoms with Gasteiger partial charge >= 0.3 is 7.60 Å². The molecule has 2 rings (SSSR count). The molecule has 10 nitrogen and oxygen atoms in total. The van der Waals surface area contributed by atoms with E-state index in [1.54, 1.807) is 0 Å². The number of alkyl halides is 1. The topological polar surface area (TPSA) is 156 Å². The number of halogens is 1. The third-order valence-corrected chi connectivity index (χ3v) is 3.29. The summed E-state index contributed by atoms with van der Waals surface area (Å²) >= 11 is 0. The molecule has 122 valence electrons. The molecule has 2 aromatic heterocycles. The van der Waals surface area contributed by atoms with Crippen LogP contribution in [-0.4, -0.2) is 48.4 Å². The second-order valence-corrected chi connectivity index (χ2v) is 6.17. The molecule has 0 saturated carbocycles. The predicted molar refractivity (Wildman–Crippen MR) is 74.9 cm³/mol. The molecule has 2 aromatic rings. The molecule has 0 aliphatic heterocycles. The highest BCUT2D eigenvalue weighted by atomic mass is 31.2. The van der Waals surface area contributed by atoms with Crippen molar-refractivity contribution in [1.29, 1.82) is 0 Å². The fourth-order valence-electron chi connectivity index (χ4n) is 1.88. The van der Waals surface area contributed by atoms with Crippen molar-refractivity contribution in [3.8, 4) is 0 Å². The minimum atomic E-state index is -4.36. The first-order chi connectivity index (χ1) is 10.3. The molecule has 12 heteroatoms. The number of H-pyrrole nitrogens is 1. The molecule has 5 N–H and O–H groups in total. The highest BCUT2D eigenvalue weighted by molar-refractivity contribution is 7.51. The monoisotopic (exact) mass is 335 g/mol. The van der Waals surface area contributed by atoms with Gasteiger partial charge in [-0.2, -0.15) is 4.98 Å². The smallest absolute Gasteiger partial charge is 0.350 e. The number of ether oxygens (including phenoxy) is 1. The zero-order chi connectivity index (χ0) is 16.3. The van der Waals surface area contributed by atoms with E-state index in [4.69, 9.17) is 20.3 Å². The number of nitrogens with one attached hydrogen (secondary N) is 1. The molecule has 0 unspecified atom stereocenters. The fraction of sp³-hybridized carbons (Fsp3) is 0.500. The zero-order valence-electron chi connectivity index (χ0n) is 11.3. The predicted octanol–water partition coefficient (Wildman–Crippen LogP) is -0.418. The van der Waals surface area contributed by atoms with Crippen molar-refractivity contribution < 1.29 is 23.5 Å². The molecule has 0 saturated heterocycles. The van der Waals surface area contributed by atoms with E-state index in [0.717, 1.165) is 0 Å².